The molecular formula is C19H32IN5S. The summed E-state index contributed by atoms with van der Waals surface area (Å²) in [7, 11) is 4.14. The summed E-state index contributed by atoms with van der Waals surface area (Å²) < 4.78 is 2.01. The lowest BCUT2D eigenvalue weighted by Crippen LogP contribution is -2.39. The van der Waals surface area contributed by atoms with Crippen molar-refractivity contribution in [3.63, 3.8) is 0 Å². The molecule has 0 spiro atoms. The van der Waals surface area contributed by atoms with Gasteiger partial charge in [0.05, 0.1) is 12.2 Å². The molecule has 146 valence electrons. The standard InChI is InChI=1S/C19H31N5S.HI/c1-6-17-16(18(7-2)24(5)22-17)14-21-19(20-8-3)23(4)12-11-15-10-9-13-25-15;/h9-10,13H,6-8,11-12,14H2,1-5H3,(H,20,21);1H. The van der Waals surface area contributed by atoms with Gasteiger partial charge in [0.1, 0.15) is 0 Å². The van der Waals surface area contributed by atoms with Crippen molar-refractivity contribution < 1.29 is 0 Å². The van der Waals surface area contributed by atoms with Gasteiger partial charge in [0.15, 0.2) is 5.96 Å². The molecule has 2 aromatic heterocycles. The van der Waals surface area contributed by atoms with E-state index in [0.29, 0.717) is 6.54 Å². The Morgan fingerprint density at radius 3 is 2.65 bits per heavy atom. The van der Waals surface area contributed by atoms with Crippen LogP contribution in [0.1, 0.15) is 42.6 Å². The van der Waals surface area contributed by atoms with Crippen LogP contribution < -0.4 is 5.32 Å². The average molecular weight is 489 g/mol. The zero-order valence-electron chi connectivity index (χ0n) is 16.6. The fourth-order valence-corrected chi connectivity index (χ4v) is 3.73. The molecule has 0 aliphatic carbocycles. The van der Waals surface area contributed by atoms with Crippen molar-refractivity contribution in [2.24, 2.45) is 12.0 Å². The lowest BCUT2D eigenvalue weighted by Gasteiger charge is -2.22. The summed E-state index contributed by atoms with van der Waals surface area (Å²) in [5.41, 5.74) is 3.74. The van der Waals surface area contributed by atoms with Crippen molar-refractivity contribution in [1.29, 1.82) is 0 Å². The molecule has 0 amide bonds. The van der Waals surface area contributed by atoms with Crippen LogP contribution in [0.4, 0.5) is 0 Å². The molecule has 0 bridgehead atoms. The quantitative estimate of drug-likeness (QED) is 0.348. The lowest BCUT2D eigenvalue weighted by atomic mass is 10.1. The number of aromatic nitrogens is 2. The fraction of sp³-hybridized carbons (Fsp3) is 0.579. The normalized spacial score (nSPS) is 11.3. The second kappa shape index (κ2) is 11.6. The van der Waals surface area contributed by atoms with E-state index in [1.54, 1.807) is 0 Å². The van der Waals surface area contributed by atoms with Crippen LogP contribution in [-0.2, 0) is 32.9 Å². The molecule has 0 aliphatic heterocycles. The maximum absolute atomic E-state index is 4.90. The summed E-state index contributed by atoms with van der Waals surface area (Å²) in [6.45, 7) is 8.97. The zero-order valence-corrected chi connectivity index (χ0v) is 19.7. The molecule has 1 N–H and O–H groups in total. The summed E-state index contributed by atoms with van der Waals surface area (Å²) in [4.78, 5) is 8.53. The van der Waals surface area contributed by atoms with Crippen molar-refractivity contribution in [2.45, 2.75) is 46.6 Å². The van der Waals surface area contributed by atoms with Gasteiger partial charge >= 0.3 is 0 Å². The monoisotopic (exact) mass is 489 g/mol. The highest BCUT2D eigenvalue weighted by Crippen LogP contribution is 2.17. The third-order valence-electron chi connectivity index (χ3n) is 4.38. The molecule has 0 fully saturated rings. The Morgan fingerprint density at radius 1 is 1.31 bits per heavy atom. The van der Waals surface area contributed by atoms with Gasteiger partial charge in [0.2, 0.25) is 0 Å². The molecule has 7 heteroatoms. The molecule has 2 rings (SSSR count). The predicted molar refractivity (Wildman–Crippen MR) is 123 cm³/mol. The number of aryl methyl sites for hydroxylation is 2. The molecule has 0 unspecified atom stereocenters. The van der Waals surface area contributed by atoms with Gasteiger partial charge in [-0.25, -0.2) is 4.99 Å². The minimum Gasteiger partial charge on any atom is -0.357 e. The van der Waals surface area contributed by atoms with Crippen molar-refractivity contribution in [3.8, 4) is 0 Å². The van der Waals surface area contributed by atoms with E-state index >= 15 is 0 Å². The Kier molecular flexibility index (Phi) is 10.2. The van der Waals surface area contributed by atoms with E-state index in [9.17, 15) is 0 Å². The summed E-state index contributed by atoms with van der Waals surface area (Å²) in [5, 5.41) is 10.2. The Labute approximate surface area is 178 Å². The second-order valence-electron chi connectivity index (χ2n) is 6.12. The number of halogens is 1. The molecule has 0 aromatic carbocycles. The molecule has 26 heavy (non-hydrogen) atoms. The number of nitrogens with zero attached hydrogens (tertiary/aromatic N) is 4. The van der Waals surface area contributed by atoms with Gasteiger partial charge in [-0.1, -0.05) is 19.9 Å². The number of nitrogens with one attached hydrogen (secondary N) is 1. The SMILES string of the molecule is CCNC(=NCc1c(CC)nn(C)c1CC)N(C)CCc1cccs1.I. The summed E-state index contributed by atoms with van der Waals surface area (Å²) in [6, 6.07) is 4.31. The number of guanidine groups is 1. The van der Waals surface area contributed by atoms with Gasteiger partial charge in [-0.15, -0.1) is 35.3 Å². The summed E-state index contributed by atoms with van der Waals surface area (Å²) in [6.07, 6.45) is 2.98. The number of aliphatic imine (C=N–C) groups is 1. The van der Waals surface area contributed by atoms with E-state index in [0.717, 1.165) is 38.3 Å². The lowest BCUT2D eigenvalue weighted by molar-refractivity contribution is 0.486. The van der Waals surface area contributed by atoms with E-state index in [1.807, 2.05) is 23.1 Å². The zero-order chi connectivity index (χ0) is 18.2. The second-order valence-corrected chi connectivity index (χ2v) is 7.16. The number of rotatable bonds is 8. The van der Waals surface area contributed by atoms with Crippen LogP contribution in [0.15, 0.2) is 22.5 Å². The van der Waals surface area contributed by atoms with E-state index in [2.05, 4.69) is 60.6 Å². The summed E-state index contributed by atoms with van der Waals surface area (Å²) >= 11 is 1.81. The Morgan fingerprint density at radius 2 is 2.08 bits per heavy atom. The largest absolute Gasteiger partial charge is 0.357 e. The third kappa shape index (κ3) is 5.97. The highest BCUT2D eigenvalue weighted by molar-refractivity contribution is 14.0. The Hall–Kier alpha value is -1.09. The van der Waals surface area contributed by atoms with Crippen molar-refractivity contribution >= 4 is 41.3 Å². The van der Waals surface area contributed by atoms with Gasteiger partial charge in [0, 0.05) is 43.3 Å². The molecule has 0 saturated carbocycles. The summed E-state index contributed by atoms with van der Waals surface area (Å²) in [5.74, 6) is 0.965. The van der Waals surface area contributed by atoms with Crippen LogP contribution in [0, 0.1) is 0 Å². The fourth-order valence-electron chi connectivity index (χ4n) is 3.03. The minimum atomic E-state index is 0. The first-order valence-corrected chi connectivity index (χ1v) is 10.0. The number of likely N-dealkylation sites (N-methyl/N-ethyl adjacent to an activating group) is 1. The van der Waals surface area contributed by atoms with Gasteiger partial charge < -0.3 is 10.2 Å². The first-order chi connectivity index (χ1) is 12.1. The van der Waals surface area contributed by atoms with Crippen molar-refractivity contribution in [2.75, 3.05) is 20.1 Å². The topological polar surface area (TPSA) is 45.5 Å². The van der Waals surface area contributed by atoms with Gasteiger partial charge in [-0.2, -0.15) is 5.10 Å². The van der Waals surface area contributed by atoms with E-state index < -0.39 is 0 Å². The first-order valence-electron chi connectivity index (χ1n) is 9.16. The number of thiophene rings is 1. The van der Waals surface area contributed by atoms with Crippen LogP contribution in [-0.4, -0.2) is 40.8 Å². The van der Waals surface area contributed by atoms with E-state index in [-0.39, 0.29) is 24.0 Å². The minimum absolute atomic E-state index is 0. The highest BCUT2D eigenvalue weighted by atomic mass is 127. The highest BCUT2D eigenvalue weighted by Gasteiger charge is 2.14. The Balaban J connectivity index is 0.00000338. The molecule has 0 atom stereocenters. The van der Waals surface area contributed by atoms with Gasteiger partial charge in [-0.3, -0.25) is 4.68 Å². The maximum atomic E-state index is 4.90. The van der Waals surface area contributed by atoms with E-state index in [1.165, 1.54) is 21.8 Å². The van der Waals surface area contributed by atoms with Crippen LogP contribution in [0.3, 0.4) is 0 Å². The first kappa shape index (κ1) is 23.0. The molecular weight excluding hydrogens is 457 g/mol. The molecule has 0 aliphatic rings. The Bertz CT molecular complexity index is 678. The van der Waals surface area contributed by atoms with Crippen LogP contribution in [0.25, 0.3) is 0 Å². The molecule has 2 aromatic rings. The van der Waals surface area contributed by atoms with Crippen molar-refractivity contribution in [1.82, 2.24) is 20.0 Å². The molecule has 2 heterocycles. The maximum Gasteiger partial charge on any atom is 0.193 e. The smallest absolute Gasteiger partial charge is 0.193 e. The van der Waals surface area contributed by atoms with E-state index in [4.69, 9.17) is 4.99 Å². The van der Waals surface area contributed by atoms with Crippen molar-refractivity contribution in [3.05, 3.63) is 39.3 Å². The third-order valence-corrected chi connectivity index (χ3v) is 5.32. The number of hydrogen-bond acceptors (Lipinski definition) is 3. The number of hydrogen-bond donors (Lipinski definition) is 1. The predicted octanol–water partition coefficient (Wildman–Crippen LogP) is 3.86. The van der Waals surface area contributed by atoms with Crippen LogP contribution in [0.2, 0.25) is 0 Å². The molecule has 5 nitrogen and oxygen atoms in total. The molecule has 0 saturated heterocycles. The molecule has 0 radical (unpaired) electrons. The van der Waals surface area contributed by atoms with Crippen LogP contribution >= 0.6 is 35.3 Å². The van der Waals surface area contributed by atoms with Gasteiger partial charge in [0.25, 0.3) is 0 Å². The average Bonchev–Trinajstić information content (AvgIpc) is 3.23. The van der Waals surface area contributed by atoms with Crippen LogP contribution in [0.5, 0.6) is 0 Å². The van der Waals surface area contributed by atoms with Gasteiger partial charge in [-0.05, 0) is 37.6 Å².